The van der Waals surface area contributed by atoms with Crippen molar-refractivity contribution in [1.82, 2.24) is 4.90 Å². The van der Waals surface area contributed by atoms with Crippen LogP contribution in [-0.2, 0) is 0 Å². The molecule has 16 heavy (non-hydrogen) atoms. The lowest BCUT2D eigenvalue weighted by Crippen LogP contribution is -2.36. The number of piperidine rings is 1. The Bertz CT molecular complexity index is 359. The van der Waals surface area contributed by atoms with Crippen LogP contribution in [0, 0.1) is 5.82 Å². The van der Waals surface area contributed by atoms with E-state index in [2.05, 4.69) is 17.3 Å². The van der Waals surface area contributed by atoms with Gasteiger partial charge in [-0.05, 0) is 45.1 Å². The standard InChI is InChI=1S/C12H18FN3/c1-16-7-5-9(6-8-16)15-11-4-2-3-10(13)12(11)14/h2-4,9,15H,5-8,14H2,1H3. The Labute approximate surface area is 95.4 Å². The normalized spacial score (nSPS) is 18.6. The maximum absolute atomic E-state index is 13.2. The van der Waals surface area contributed by atoms with Crippen LogP contribution in [0.25, 0.3) is 0 Å². The van der Waals surface area contributed by atoms with Crippen molar-refractivity contribution in [2.45, 2.75) is 18.9 Å². The molecular weight excluding hydrogens is 205 g/mol. The highest BCUT2D eigenvalue weighted by Gasteiger charge is 2.17. The van der Waals surface area contributed by atoms with Crippen molar-refractivity contribution in [2.75, 3.05) is 31.2 Å². The molecule has 0 saturated carbocycles. The van der Waals surface area contributed by atoms with Gasteiger partial charge in [-0.3, -0.25) is 0 Å². The summed E-state index contributed by atoms with van der Waals surface area (Å²) in [7, 11) is 2.12. The lowest BCUT2D eigenvalue weighted by molar-refractivity contribution is 0.264. The number of rotatable bonds is 2. The monoisotopic (exact) mass is 223 g/mol. The van der Waals surface area contributed by atoms with Crippen molar-refractivity contribution in [3.8, 4) is 0 Å². The highest BCUT2D eigenvalue weighted by molar-refractivity contribution is 5.66. The van der Waals surface area contributed by atoms with E-state index in [1.165, 1.54) is 6.07 Å². The molecule has 0 radical (unpaired) electrons. The molecule has 1 aromatic carbocycles. The predicted molar refractivity (Wildman–Crippen MR) is 65.0 cm³/mol. The molecule has 3 nitrogen and oxygen atoms in total. The maximum Gasteiger partial charge on any atom is 0.148 e. The van der Waals surface area contributed by atoms with Gasteiger partial charge in [0, 0.05) is 6.04 Å². The summed E-state index contributed by atoms with van der Waals surface area (Å²) in [4.78, 5) is 2.30. The molecule has 1 aromatic rings. The first kappa shape index (κ1) is 11.2. The number of para-hydroxylation sites is 1. The molecule has 1 saturated heterocycles. The largest absolute Gasteiger partial charge is 0.395 e. The molecule has 2 rings (SSSR count). The Morgan fingerprint density at radius 3 is 2.75 bits per heavy atom. The van der Waals surface area contributed by atoms with Gasteiger partial charge in [0.05, 0.1) is 11.4 Å². The molecule has 4 heteroatoms. The third-order valence-electron chi connectivity index (χ3n) is 3.13. The number of likely N-dealkylation sites (tertiary alicyclic amines) is 1. The Hall–Kier alpha value is -1.29. The Kier molecular flexibility index (Phi) is 3.29. The summed E-state index contributed by atoms with van der Waals surface area (Å²) < 4.78 is 13.2. The summed E-state index contributed by atoms with van der Waals surface area (Å²) in [6, 6.07) is 5.30. The first-order valence-electron chi connectivity index (χ1n) is 5.66. The van der Waals surface area contributed by atoms with Crippen LogP contribution >= 0.6 is 0 Å². The van der Waals surface area contributed by atoms with Crippen molar-refractivity contribution >= 4 is 11.4 Å². The lowest BCUT2D eigenvalue weighted by atomic mass is 10.0. The van der Waals surface area contributed by atoms with Crippen LogP contribution in [-0.4, -0.2) is 31.1 Å². The highest BCUT2D eigenvalue weighted by atomic mass is 19.1. The number of benzene rings is 1. The summed E-state index contributed by atoms with van der Waals surface area (Å²) >= 11 is 0. The number of anilines is 2. The second kappa shape index (κ2) is 4.70. The van der Waals surface area contributed by atoms with Gasteiger partial charge >= 0.3 is 0 Å². The molecule has 0 bridgehead atoms. The van der Waals surface area contributed by atoms with Gasteiger partial charge in [-0.1, -0.05) is 6.07 Å². The number of nitrogens with one attached hydrogen (secondary N) is 1. The first-order chi connectivity index (χ1) is 7.66. The quantitative estimate of drug-likeness (QED) is 0.753. The summed E-state index contributed by atoms with van der Waals surface area (Å²) in [5.41, 5.74) is 6.62. The number of nitrogens with zero attached hydrogens (tertiary/aromatic N) is 1. The highest BCUT2D eigenvalue weighted by Crippen LogP contribution is 2.24. The van der Waals surface area contributed by atoms with E-state index < -0.39 is 0 Å². The van der Waals surface area contributed by atoms with Gasteiger partial charge in [0.2, 0.25) is 0 Å². The first-order valence-corrected chi connectivity index (χ1v) is 5.66. The molecule has 1 fully saturated rings. The van der Waals surface area contributed by atoms with Crippen LogP contribution in [0.5, 0.6) is 0 Å². The van der Waals surface area contributed by atoms with Crippen LogP contribution < -0.4 is 11.1 Å². The van der Waals surface area contributed by atoms with E-state index in [4.69, 9.17) is 5.73 Å². The van der Waals surface area contributed by atoms with Crippen molar-refractivity contribution < 1.29 is 4.39 Å². The fraction of sp³-hybridized carbons (Fsp3) is 0.500. The van der Waals surface area contributed by atoms with Gasteiger partial charge in [-0.2, -0.15) is 0 Å². The molecule has 0 spiro atoms. The molecule has 3 N–H and O–H groups in total. The third kappa shape index (κ3) is 2.44. The zero-order chi connectivity index (χ0) is 11.5. The maximum atomic E-state index is 13.2. The van der Waals surface area contributed by atoms with Crippen molar-refractivity contribution in [3.05, 3.63) is 24.0 Å². The van der Waals surface area contributed by atoms with Gasteiger partial charge in [0.15, 0.2) is 0 Å². The fourth-order valence-corrected chi connectivity index (χ4v) is 2.04. The second-order valence-corrected chi connectivity index (χ2v) is 4.42. The van der Waals surface area contributed by atoms with Crippen LogP contribution in [0.1, 0.15) is 12.8 Å². The Morgan fingerprint density at radius 1 is 1.38 bits per heavy atom. The number of halogens is 1. The summed E-state index contributed by atoms with van der Waals surface area (Å²) in [6.07, 6.45) is 2.15. The molecule has 0 atom stereocenters. The van der Waals surface area contributed by atoms with E-state index in [-0.39, 0.29) is 11.5 Å². The van der Waals surface area contributed by atoms with Crippen LogP contribution in [0.2, 0.25) is 0 Å². The summed E-state index contributed by atoms with van der Waals surface area (Å²) in [5, 5.41) is 3.32. The van der Waals surface area contributed by atoms with Gasteiger partial charge in [0.1, 0.15) is 5.82 Å². The second-order valence-electron chi connectivity index (χ2n) is 4.42. The Balaban J connectivity index is 2.01. The summed E-state index contributed by atoms with van der Waals surface area (Å²) in [6.45, 7) is 2.15. The van der Waals surface area contributed by atoms with E-state index in [1.54, 1.807) is 6.07 Å². The Morgan fingerprint density at radius 2 is 2.06 bits per heavy atom. The van der Waals surface area contributed by atoms with E-state index in [0.717, 1.165) is 31.6 Å². The van der Waals surface area contributed by atoms with Gasteiger partial charge in [-0.15, -0.1) is 0 Å². The molecular formula is C12H18FN3. The smallest absolute Gasteiger partial charge is 0.148 e. The van der Waals surface area contributed by atoms with Crippen molar-refractivity contribution in [1.29, 1.82) is 0 Å². The SMILES string of the molecule is CN1CCC(Nc2cccc(F)c2N)CC1. The molecule has 1 aliphatic heterocycles. The predicted octanol–water partition coefficient (Wildman–Crippen LogP) is 1.91. The molecule has 1 heterocycles. The summed E-state index contributed by atoms with van der Waals surface area (Å²) in [5.74, 6) is -0.349. The van der Waals surface area contributed by atoms with E-state index in [9.17, 15) is 4.39 Å². The molecule has 1 aliphatic rings. The number of nitrogen functional groups attached to an aromatic ring is 1. The molecule has 88 valence electrons. The minimum atomic E-state index is -0.349. The minimum absolute atomic E-state index is 0.224. The van der Waals surface area contributed by atoms with Gasteiger partial charge in [0.25, 0.3) is 0 Å². The topological polar surface area (TPSA) is 41.3 Å². The molecule has 0 aliphatic carbocycles. The van der Waals surface area contributed by atoms with E-state index >= 15 is 0 Å². The number of nitrogens with two attached hydrogens (primary N) is 1. The zero-order valence-electron chi connectivity index (χ0n) is 9.54. The average Bonchev–Trinajstić information content (AvgIpc) is 2.28. The molecule has 0 aromatic heterocycles. The molecule has 0 amide bonds. The third-order valence-corrected chi connectivity index (χ3v) is 3.13. The number of hydrogen-bond donors (Lipinski definition) is 2. The van der Waals surface area contributed by atoms with Crippen LogP contribution in [0.15, 0.2) is 18.2 Å². The van der Waals surface area contributed by atoms with E-state index in [0.29, 0.717) is 6.04 Å². The van der Waals surface area contributed by atoms with Gasteiger partial charge in [-0.25, -0.2) is 4.39 Å². The minimum Gasteiger partial charge on any atom is -0.395 e. The van der Waals surface area contributed by atoms with Crippen molar-refractivity contribution in [3.63, 3.8) is 0 Å². The van der Waals surface area contributed by atoms with Crippen LogP contribution in [0.4, 0.5) is 15.8 Å². The molecule has 0 unspecified atom stereocenters. The van der Waals surface area contributed by atoms with Gasteiger partial charge < -0.3 is 16.0 Å². The number of hydrogen-bond acceptors (Lipinski definition) is 3. The zero-order valence-corrected chi connectivity index (χ0v) is 9.54. The lowest BCUT2D eigenvalue weighted by Gasteiger charge is -2.30. The van der Waals surface area contributed by atoms with Crippen LogP contribution in [0.3, 0.4) is 0 Å². The average molecular weight is 223 g/mol. The fourth-order valence-electron chi connectivity index (χ4n) is 2.04. The van der Waals surface area contributed by atoms with Crippen molar-refractivity contribution in [2.24, 2.45) is 0 Å². The van der Waals surface area contributed by atoms with E-state index in [1.807, 2.05) is 6.07 Å².